The SMILES string of the molecule is COc1ccc(C(=O)N(CCBr)C2CCCC2)cc1F. The molecule has 1 aromatic rings. The number of nitrogens with zero attached hydrogens (tertiary/aromatic N) is 1. The van der Waals surface area contributed by atoms with Crippen molar-refractivity contribution in [2.45, 2.75) is 31.7 Å². The number of benzene rings is 1. The number of methoxy groups -OCH3 is 1. The quantitative estimate of drug-likeness (QED) is 0.764. The van der Waals surface area contributed by atoms with Crippen molar-refractivity contribution in [1.82, 2.24) is 4.90 Å². The van der Waals surface area contributed by atoms with E-state index in [0.29, 0.717) is 12.1 Å². The Kier molecular flexibility index (Phi) is 5.40. The van der Waals surface area contributed by atoms with Crippen LogP contribution in [0.4, 0.5) is 4.39 Å². The van der Waals surface area contributed by atoms with Gasteiger partial charge in [0.2, 0.25) is 0 Å². The molecule has 2 rings (SSSR count). The molecular formula is C15H19BrFNO2. The lowest BCUT2D eigenvalue weighted by atomic mass is 10.1. The summed E-state index contributed by atoms with van der Waals surface area (Å²) >= 11 is 3.39. The Hall–Kier alpha value is -1.10. The minimum atomic E-state index is -0.497. The third-order valence-corrected chi connectivity index (χ3v) is 4.11. The molecule has 1 fully saturated rings. The number of hydrogen-bond acceptors (Lipinski definition) is 2. The molecule has 0 atom stereocenters. The van der Waals surface area contributed by atoms with Crippen LogP contribution in [0.5, 0.6) is 5.75 Å². The van der Waals surface area contributed by atoms with Crippen molar-refractivity contribution in [1.29, 1.82) is 0 Å². The second-order valence-electron chi connectivity index (χ2n) is 4.98. The molecule has 0 bridgehead atoms. The second kappa shape index (κ2) is 7.07. The molecule has 1 saturated carbocycles. The number of amides is 1. The first-order valence-corrected chi connectivity index (χ1v) is 8.00. The fourth-order valence-electron chi connectivity index (χ4n) is 2.72. The summed E-state index contributed by atoms with van der Waals surface area (Å²) in [5.74, 6) is -0.434. The number of rotatable bonds is 5. The maximum Gasteiger partial charge on any atom is 0.254 e. The Bertz CT molecular complexity index is 475. The average molecular weight is 344 g/mol. The Labute approximate surface area is 127 Å². The van der Waals surface area contributed by atoms with E-state index in [1.54, 1.807) is 6.07 Å². The molecule has 0 spiro atoms. The van der Waals surface area contributed by atoms with Gasteiger partial charge < -0.3 is 9.64 Å². The van der Waals surface area contributed by atoms with Gasteiger partial charge in [-0.1, -0.05) is 28.8 Å². The zero-order valence-corrected chi connectivity index (χ0v) is 13.2. The third-order valence-electron chi connectivity index (χ3n) is 3.75. The van der Waals surface area contributed by atoms with Crippen LogP contribution in [0.2, 0.25) is 0 Å². The van der Waals surface area contributed by atoms with E-state index in [9.17, 15) is 9.18 Å². The molecule has 3 nitrogen and oxygen atoms in total. The van der Waals surface area contributed by atoms with Crippen LogP contribution in [-0.2, 0) is 0 Å². The summed E-state index contributed by atoms with van der Waals surface area (Å²) in [4.78, 5) is 14.4. The zero-order valence-electron chi connectivity index (χ0n) is 11.6. The van der Waals surface area contributed by atoms with Gasteiger partial charge in [0.25, 0.3) is 5.91 Å². The summed E-state index contributed by atoms with van der Waals surface area (Å²) in [6.45, 7) is 0.650. The molecule has 0 unspecified atom stereocenters. The predicted octanol–water partition coefficient (Wildman–Crippen LogP) is 3.61. The number of hydrogen-bond donors (Lipinski definition) is 0. The fraction of sp³-hybridized carbons (Fsp3) is 0.533. The van der Waals surface area contributed by atoms with E-state index >= 15 is 0 Å². The highest BCUT2D eigenvalue weighted by molar-refractivity contribution is 9.09. The molecule has 0 heterocycles. The molecule has 0 aliphatic heterocycles. The number of ether oxygens (including phenoxy) is 1. The first-order valence-electron chi connectivity index (χ1n) is 6.88. The van der Waals surface area contributed by atoms with Gasteiger partial charge in [-0.25, -0.2) is 4.39 Å². The zero-order chi connectivity index (χ0) is 14.5. The minimum Gasteiger partial charge on any atom is -0.494 e. The van der Waals surface area contributed by atoms with Crippen LogP contribution < -0.4 is 4.74 Å². The standard InChI is InChI=1S/C15H19BrFNO2/c1-20-14-7-6-11(10-13(14)17)15(19)18(9-8-16)12-4-2-3-5-12/h6-7,10,12H,2-5,8-9H2,1H3. The smallest absolute Gasteiger partial charge is 0.254 e. The molecule has 1 aromatic carbocycles. The van der Waals surface area contributed by atoms with Gasteiger partial charge in [0, 0.05) is 23.5 Å². The van der Waals surface area contributed by atoms with E-state index in [-0.39, 0.29) is 17.7 Å². The van der Waals surface area contributed by atoms with E-state index < -0.39 is 5.82 Å². The van der Waals surface area contributed by atoms with Gasteiger partial charge >= 0.3 is 0 Å². The molecule has 5 heteroatoms. The highest BCUT2D eigenvalue weighted by atomic mass is 79.9. The predicted molar refractivity (Wildman–Crippen MR) is 80.0 cm³/mol. The summed E-state index contributed by atoms with van der Waals surface area (Å²) in [7, 11) is 1.41. The summed E-state index contributed by atoms with van der Waals surface area (Å²) in [6, 6.07) is 4.67. The molecule has 0 N–H and O–H groups in total. The Morgan fingerprint density at radius 3 is 2.70 bits per heavy atom. The van der Waals surface area contributed by atoms with Gasteiger partial charge in [0.1, 0.15) is 0 Å². The van der Waals surface area contributed by atoms with E-state index in [1.807, 2.05) is 4.90 Å². The van der Waals surface area contributed by atoms with Gasteiger partial charge in [-0.3, -0.25) is 4.79 Å². The van der Waals surface area contributed by atoms with Gasteiger partial charge in [-0.15, -0.1) is 0 Å². The minimum absolute atomic E-state index is 0.0992. The van der Waals surface area contributed by atoms with Gasteiger partial charge in [0.05, 0.1) is 7.11 Å². The Morgan fingerprint density at radius 1 is 1.45 bits per heavy atom. The van der Waals surface area contributed by atoms with Crippen LogP contribution in [-0.4, -0.2) is 35.8 Å². The maximum absolute atomic E-state index is 13.7. The van der Waals surface area contributed by atoms with Gasteiger partial charge in [-0.2, -0.15) is 0 Å². The monoisotopic (exact) mass is 343 g/mol. The second-order valence-corrected chi connectivity index (χ2v) is 5.77. The van der Waals surface area contributed by atoms with Crippen molar-refractivity contribution in [3.8, 4) is 5.75 Å². The molecule has 1 aliphatic rings. The normalized spacial score (nSPS) is 15.3. The van der Waals surface area contributed by atoms with Crippen LogP contribution in [0, 0.1) is 5.82 Å². The Morgan fingerprint density at radius 2 is 2.15 bits per heavy atom. The molecule has 110 valence electrons. The lowest BCUT2D eigenvalue weighted by Gasteiger charge is -2.28. The van der Waals surface area contributed by atoms with E-state index in [1.165, 1.54) is 19.2 Å². The molecule has 20 heavy (non-hydrogen) atoms. The van der Waals surface area contributed by atoms with E-state index in [4.69, 9.17) is 4.74 Å². The van der Waals surface area contributed by atoms with Crippen LogP contribution in [0.25, 0.3) is 0 Å². The Balaban J connectivity index is 2.20. The van der Waals surface area contributed by atoms with Crippen molar-refractivity contribution in [3.05, 3.63) is 29.6 Å². The van der Waals surface area contributed by atoms with Crippen LogP contribution >= 0.6 is 15.9 Å². The maximum atomic E-state index is 13.7. The number of carbonyl (C=O) groups excluding carboxylic acids is 1. The lowest BCUT2D eigenvalue weighted by molar-refractivity contribution is 0.0695. The van der Waals surface area contributed by atoms with Crippen LogP contribution in [0.15, 0.2) is 18.2 Å². The third kappa shape index (κ3) is 3.32. The molecular weight excluding hydrogens is 325 g/mol. The lowest BCUT2D eigenvalue weighted by Crippen LogP contribution is -2.40. The summed E-state index contributed by atoms with van der Waals surface area (Å²) < 4.78 is 18.6. The highest BCUT2D eigenvalue weighted by Gasteiger charge is 2.27. The number of carbonyl (C=O) groups is 1. The molecule has 0 radical (unpaired) electrons. The molecule has 0 saturated heterocycles. The van der Waals surface area contributed by atoms with Crippen LogP contribution in [0.3, 0.4) is 0 Å². The van der Waals surface area contributed by atoms with Crippen molar-refractivity contribution >= 4 is 21.8 Å². The molecule has 1 aliphatic carbocycles. The molecule has 0 aromatic heterocycles. The first kappa shape index (κ1) is 15.3. The fourth-order valence-corrected chi connectivity index (χ4v) is 3.10. The van der Waals surface area contributed by atoms with Crippen molar-refractivity contribution in [2.75, 3.05) is 19.0 Å². The first-order chi connectivity index (χ1) is 9.67. The average Bonchev–Trinajstić information content (AvgIpc) is 2.97. The summed E-state index contributed by atoms with van der Waals surface area (Å²) in [5, 5.41) is 0.730. The van der Waals surface area contributed by atoms with E-state index in [0.717, 1.165) is 31.0 Å². The highest BCUT2D eigenvalue weighted by Crippen LogP contribution is 2.26. The van der Waals surface area contributed by atoms with Crippen molar-refractivity contribution in [2.24, 2.45) is 0 Å². The van der Waals surface area contributed by atoms with Gasteiger partial charge in [-0.05, 0) is 31.0 Å². The van der Waals surface area contributed by atoms with Crippen molar-refractivity contribution in [3.63, 3.8) is 0 Å². The van der Waals surface area contributed by atoms with Crippen LogP contribution in [0.1, 0.15) is 36.0 Å². The topological polar surface area (TPSA) is 29.5 Å². The molecule has 1 amide bonds. The van der Waals surface area contributed by atoms with Crippen molar-refractivity contribution < 1.29 is 13.9 Å². The largest absolute Gasteiger partial charge is 0.494 e. The summed E-state index contributed by atoms with van der Waals surface area (Å²) in [6.07, 6.45) is 4.40. The summed E-state index contributed by atoms with van der Waals surface area (Å²) in [5.41, 5.74) is 0.385. The number of halogens is 2. The van der Waals surface area contributed by atoms with E-state index in [2.05, 4.69) is 15.9 Å². The number of alkyl halides is 1. The van der Waals surface area contributed by atoms with Gasteiger partial charge in [0.15, 0.2) is 11.6 Å².